The van der Waals surface area contributed by atoms with Crippen LogP contribution in [0.2, 0.25) is 0 Å². The van der Waals surface area contributed by atoms with Crippen molar-refractivity contribution in [1.29, 1.82) is 0 Å². The van der Waals surface area contributed by atoms with E-state index in [2.05, 4.69) is 41.5 Å². The van der Waals surface area contributed by atoms with Crippen molar-refractivity contribution in [1.82, 2.24) is 0 Å². The van der Waals surface area contributed by atoms with Gasteiger partial charge in [0.2, 0.25) is 0 Å². The Morgan fingerprint density at radius 1 is 0.677 bits per heavy atom. The number of aliphatic hydroxyl groups is 5. The molecule has 0 aromatic carbocycles. The summed E-state index contributed by atoms with van der Waals surface area (Å²) >= 11 is 0. The largest absolute Gasteiger partial charge is 0.393 e. The minimum Gasteiger partial charge on any atom is -0.393 e. The number of Topliss-reactive ketones (excluding diaryl/α,β-unsaturated/α-hetero) is 1. The molecule has 352 valence electrons. The minimum atomic E-state index is -1.04. The molecule has 20 atom stereocenters. The summed E-state index contributed by atoms with van der Waals surface area (Å²) in [6, 6.07) is 0. The average molecular weight is 865 g/mol. The molecule has 9 aliphatic rings. The number of hydrogen-bond donors (Lipinski definition) is 5. The predicted molar refractivity (Wildman–Crippen MR) is 243 cm³/mol. The topological polar surface area (TPSA) is 148 Å². The fourth-order valence-electron chi connectivity index (χ4n) is 17.7. The summed E-state index contributed by atoms with van der Waals surface area (Å²) in [5, 5.41) is 52.2. The molecular formula is C54H88O8. The zero-order chi connectivity index (χ0) is 45.1. The molecule has 9 rings (SSSR count). The second-order valence-corrected chi connectivity index (χ2v) is 25.7. The molecule has 5 N–H and O–H groups in total. The molecule has 8 nitrogen and oxygen atoms in total. The molecule has 8 heteroatoms. The molecule has 7 saturated carbocycles. The third-order valence-electron chi connectivity index (χ3n) is 21.7. The first-order valence-corrected chi connectivity index (χ1v) is 25.8. The van der Waals surface area contributed by atoms with E-state index in [1.807, 2.05) is 6.08 Å². The van der Waals surface area contributed by atoms with Gasteiger partial charge in [-0.15, -0.1) is 0 Å². The second kappa shape index (κ2) is 16.6. The average Bonchev–Trinajstić information content (AvgIpc) is 3.79. The number of carbonyl (C=O) groups is 2. The highest BCUT2D eigenvalue weighted by molar-refractivity contribution is 5.92. The van der Waals surface area contributed by atoms with E-state index in [0.29, 0.717) is 114 Å². The quantitative estimate of drug-likeness (QED) is 0.137. The van der Waals surface area contributed by atoms with Crippen molar-refractivity contribution in [3.63, 3.8) is 0 Å². The summed E-state index contributed by atoms with van der Waals surface area (Å²) in [4.78, 5) is 24.3. The fourth-order valence-corrected chi connectivity index (χ4v) is 17.7. The maximum Gasteiger partial charge on any atom is 0.155 e. The highest BCUT2D eigenvalue weighted by Crippen LogP contribution is 2.72. The van der Waals surface area contributed by atoms with E-state index in [0.717, 1.165) is 38.5 Å². The van der Waals surface area contributed by atoms with Gasteiger partial charge < -0.3 is 30.3 Å². The first-order valence-electron chi connectivity index (χ1n) is 25.8. The number of rotatable bonds is 10. The first-order chi connectivity index (χ1) is 28.8. The van der Waals surface area contributed by atoms with Crippen LogP contribution >= 0.6 is 0 Å². The summed E-state index contributed by atoms with van der Waals surface area (Å²) in [6.45, 7) is 21.4. The van der Waals surface area contributed by atoms with Gasteiger partial charge in [-0.3, -0.25) is 9.59 Å². The van der Waals surface area contributed by atoms with E-state index < -0.39 is 23.4 Å². The third kappa shape index (κ3) is 8.00. The van der Waals surface area contributed by atoms with Crippen LogP contribution in [0.5, 0.6) is 0 Å². The third-order valence-corrected chi connectivity index (χ3v) is 21.7. The van der Waals surface area contributed by atoms with Crippen LogP contribution in [-0.2, 0) is 14.3 Å². The van der Waals surface area contributed by atoms with Crippen molar-refractivity contribution >= 4 is 11.6 Å². The van der Waals surface area contributed by atoms with Crippen molar-refractivity contribution in [2.24, 2.45) is 86.8 Å². The predicted octanol–water partition coefficient (Wildman–Crippen LogP) is 9.40. The molecule has 0 spiro atoms. The molecule has 8 aliphatic carbocycles. The number of hydrogen-bond acceptors (Lipinski definition) is 8. The molecule has 5 unspecified atom stereocenters. The van der Waals surface area contributed by atoms with Crippen LogP contribution in [0.3, 0.4) is 0 Å². The number of aliphatic hydroxyl groups excluding tert-OH is 3. The molecule has 62 heavy (non-hydrogen) atoms. The Morgan fingerprint density at radius 2 is 1.19 bits per heavy atom. The SMILES string of the molecule is C[C@H](CCC(O)C(C)(C)O)[C@H]1CC[C@H]2[C@@H]3C(O)C[C@@H]4CC(=O)CC[C@]4(C)[C@H]3CC[C@]12C.C[C@H](CCC(O)C(C)(C)O)[C@H]1CC[C@H]2[C@@H]3C4OC4C4=CC(=O)CC[C@]4(C)[C@H]3CC[C@]12C. The lowest BCUT2D eigenvalue weighted by Gasteiger charge is -2.62. The molecule has 8 fully saturated rings. The number of carbonyl (C=O) groups excluding carboxylic acids is 2. The van der Waals surface area contributed by atoms with Gasteiger partial charge in [0, 0.05) is 19.3 Å². The normalized spacial score (nSPS) is 47.7. The van der Waals surface area contributed by atoms with Crippen LogP contribution in [0.4, 0.5) is 0 Å². The summed E-state index contributed by atoms with van der Waals surface area (Å²) < 4.78 is 6.31. The van der Waals surface area contributed by atoms with Crippen LogP contribution in [0.15, 0.2) is 11.6 Å². The van der Waals surface area contributed by atoms with Crippen LogP contribution in [0.1, 0.15) is 185 Å². The van der Waals surface area contributed by atoms with E-state index in [-0.39, 0.29) is 28.5 Å². The van der Waals surface area contributed by atoms with Crippen molar-refractivity contribution < 1.29 is 39.9 Å². The molecule has 1 heterocycles. The summed E-state index contributed by atoms with van der Waals surface area (Å²) in [5.41, 5.74) is 0.231. The molecule has 0 bridgehead atoms. The molecule has 0 aromatic rings. The summed E-state index contributed by atoms with van der Waals surface area (Å²) in [6.07, 6.45) is 19.0. The summed E-state index contributed by atoms with van der Waals surface area (Å²) in [5.74, 6) is 6.95. The molecule has 1 saturated heterocycles. The van der Waals surface area contributed by atoms with E-state index in [1.54, 1.807) is 27.7 Å². The summed E-state index contributed by atoms with van der Waals surface area (Å²) in [7, 11) is 0. The Bertz CT molecular complexity index is 1710. The van der Waals surface area contributed by atoms with Gasteiger partial charge in [0.05, 0.1) is 35.6 Å². The van der Waals surface area contributed by atoms with E-state index >= 15 is 0 Å². The Balaban J connectivity index is 0.000000171. The van der Waals surface area contributed by atoms with Gasteiger partial charge in [0.15, 0.2) is 5.78 Å². The Labute approximate surface area is 375 Å². The maximum atomic E-state index is 12.1. The van der Waals surface area contributed by atoms with Gasteiger partial charge in [0.25, 0.3) is 0 Å². The molecule has 0 amide bonds. The zero-order valence-electron chi connectivity index (χ0n) is 40.5. The van der Waals surface area contributed by atoms with Crippen LogP contribution in [-0.4, -0.2) is 78.8 Å². The number of epoxide rings is 1. The Kier molecular flexibility index (Phi) is 12.6. The Hall–Kier alpha value is -1.16. The van der Waals surface area contributed by atoms with Crippen molar-refractivity contribution in [3.05, 3.63) is 11.6 Å². The molecule has 0 radical (unpaired) electrons. The first kappa shape index (κ1) is 47.3. The standard InChI is InChI=1S/C27H42O4.C27H46O4/c1-15(6-9-21(29)25(2,3)30)17-7-8-18-22-19(11-13-26(17,18)4)27(5)12-10-16(28)14-20(27)23-24(22)31-23;1-16(6-9-23(30)25(2,3)31)19-7-8-20-24-21(11-13-27(19,20)5)26(4)12-10-18(28)14-17(26)15-22(24)29/h14-15,17-19,21-24,29-30H,6-13H2,1-5H3;16-17,19-24,29-31H,6-15H2,1-5H3/t15-,17-,18+,19+,21?,22+,23?,24?,26-,27-;16-,17+,19-,20+,21+,22?,23?,24+,26+,27-/m11/s1. The zero-order valence-corrected chi connectivity index (χ0v) is 40.5. The lowest BCUT2D eigenvalue weighted by molar-refractivity contribution is -0.169. The van der Waals surface area contributed by atoms with E-state index in [9.17, 15) is 35.1 Å². The van der Waals surface area contributed by atoms with Crippen molar-refractivity contribution in [2.75, 3.05) is 0 Å². The smallest absolute Gasteiger partial charge is 0.155 e. The van der Waals surface area contributed by atoms with Crippen molar-refractivity contribution in [3.8, 4) is 0 Å². The lowest BCUT2D eigenvalue weighted by Crippen LogP contribution is -2.58. The van der Waals surface area contributed by atoms with Crippen molar-refractivity contribution in [2.45, 2.75) is 227 Å². The van der Waals surface area contributed by atoms with Crippen LogP contribution in [0.25, 0.3) is 0 Å². The highest BCUT2D eigenvalue weighted by Gasteiger charge is 2.69. The monoisotopic (exact) mass is 865 g/mol. The van der Waals surface area contributed by atoms with Gasteiger partial charge in [-0.05, 0) is 222 Å². The molecule has 1 aliphatic heterocycles. The number of ketones is 2. The minimum absolute atomic E-state index is 0.151. The number of fused-ring (bicyclic) bond motifs is 13. The van der Waals surface area contributed by atoms with Crippen LogP contribution in [0, 0.1) is 86.8 Å². The van der Waals surface area contributed by atoms with Gasteiger partial charge in [-0.1, -0.05) is 41.5 Å². The fraction of sp³-hybridized carbons (Fsp3) is 0.926. The lowest BCUT2D eigenvalue weighted by atomic mass is 9.44. The second-order valence-electron chi connectivity index (χ2n) is 25.7. The molecule has 0 aromatic heterocycles. The van der Waals surface area contributed by atoms with Crippen LogP contribution < -0.4 is 0 Å². The maximum absolute atomic E-state index is 12.1. The molecular weight excluding hydrogens is 777 g/mol. The Morgan fingerprint density at radius 3 is 1.74 bits per heavy atom. The van der Waals surface area contributed by atoms with Gasteiger partial charge in [-0.2, -0.15) is 0 Å². The van der Waals surface area contributed by atoms with E-state index in [4.69, 9.17) is 4.74 Å². The van der Waals surface area contributed by atoms with Gasteiger partial charge in [0.1, 0.15) is 11.9 Å². The van der Waals surface area contributed by atoms with Gasteiger partial charge >= 0.3 is 0 Å². The highest BCUT2D eigenvalue weighted by atomic mass is 16.6. The van der Waals surface area contributed by atoms with Gasteiger partial charge in [-0.25, -0.2) is 0 Å². The number of ether oxygens (including phenoxy) is 1. The van der Waals surface area contributed by atoms with E-state index in [1.165, 1.54) is 56.9 Å².